The highest BCUT2D eigenvalue weighted by atomic mass is 32.2. The highest BCUT2D eigenvalue weighted by Gasteiger charge is 2.28. The lowest BCUT2D eigenvalue weighted by Crippen LogP contribution is -2.34. The summed E-state index contributed by atoms with van der Waals surface area (Å²) in [5.41, 5.74) is 6.12. The average molecular weight is 311 g/mol. The Morgan fingerprint density at radius 2 is 2.25 bits per heavy atom. The molecule has 1 aromatic heterocycles. The molecule has 0 amide bonds. The van der Waals surface area contributed by atoms with Crippen LogP contribution in [0.25, 0.3) is 0 Å². The molecule has 7 heteroatoms. The van der Waals surface area contributed by atoms with Gasteiger partial charge in [-0.3, -0.25) is 0 Å². The van der Waals surface area contributed by atoms with E-state index < -0.39 is 15.3 Å². The van der Waals surface area contributed by atoms with Crippen molar-refractivity contribution in [3.8, 4) is 17.9 Å². The molecule has 0 saturated carbocycles. The number of nitriles is 1. The number of hydrogen-bond donors (Lipinski definition) is 1. The molecule has 0 bridgehead atoms. The predicted molar refractivity (Wildman–Crippen MR) is 80.3 cm³/mol. The van der Waals surface area contributed by atoms with E-state index in [1.165, 1.54) is 22.7 Å². The van der Waals surface area contributed by atoms with Gasteiger partial charge in [0.2, 0.25) is 10.0 Å². The van der Waals surface area contributed by atoms with Gasteiger partial charge in [0.05, 0.1) is 12.6 Å². The van der Waals surface area contributed by atoms with Crippen molar-refractivity contribution in [3.05, 3.63) is 21.9 Å². The van der Waals surface area contributed by atoms with Crippen molar-refractivity contribution in [2.24, 2.45) is 5.73 Å². The molecule has 20 heavy (non-hydrogen) atoms. The van der Waals surface area contributed by atoms with Crippen LogP contribution in [0.4, 0.5) is 0 Å². The summed E-state index contributed by atoms with van der Waals surface area (Å²) in [5, 5.41) is 9.76. The van der Waals surface area contributed by atoms with E-state index in [-0.39, 0.29) is 13.0 Å². The quantitative estimate of drug-likeness (QED) is 0.826. The molecule has 1 atom stereocenters. The highest BCUT2D eigenvalue weighted by molar-refractivity contribution is 7.89. The topological polar surface area (TPSA) is 87.2 Å². The minimum atomic E-state index is -3.58. The van der Waals surface area contributed by atoms with Gasteiger partial charge in [-0.05, 0) is 12.5 Å². The summed E-state index contributed by atoms with van der Waals surface area (Å²) < 4.78 is 25.5. The summed E-state index contributed by atoms with van der Waals surface area (Å²) in [7, 11) is -2.10. The number of sulfonamides is 1. The summed E-state index contributed by atoms with van der Waals surface area (Å²) in [6.45, 7) is 2.22. The molecule has 0 fully saturated rings. The summed E-state index contributed by atoms with van der Waals surface area (Å²) in [6, 6.07) is 3.67. The molecule has 0 aromatic carbocycles. The van der Waals surface area contributed by atoms with E-state index in [0.717, 1.165) is 10.4 Å². The third kappa shape index (κ3) is 4.06. The van der Waals surface area contributed by atoms with Crippen molar-refractivity contribution in [1.82, 2.24) is 4.31 Å². The van der Waals surface area contributed by atoms with Gasteiger partial charge in [-0.1, -0.05) is 18.8 Å². The van der Waals surface area contributed by atoms with Crippen molar-refractivity contribution < 1.29 is 8.42 Å². The zero-order valence-corrected chi connectivity index (χ0v) is 13.1. The monoisotopic (exact) mass is 311 g/mol. The zero-order chi connectivity index (χ0) is 15.2. The molecule has 1 unspecified atom stereocenters. The van der Waals surface area contributed by atoms with Crippen molar-refractivity contribution in [1.29, 1.82) is 5.26 Å². The summed E-state index contributed by atoms with van der Waals surface area (Å²) in [4.78, 5) is 0.880. The van der Waals surface area contributed by atoms with E-state index in [2.05, 4.69) is 11.8 Å². The lowest BCUT2D eigenvalue weighted by Gasteiger charge is -2.18. The predicted octanol–water partition coefficient (Wildman–Crippen LogP) is 1.12. The van der Waals surface area contributed by atoms with E-state index in [4.69, 9.17) is 11.0 Å². The van der Waals surface area contributed by atoms with Crippen molar-refractivity contribution in [3.63, 3.8) is 0 Å². The molecule has 0 aliphatic rings. The second-order valence-corrected chi connectivity index (χ2v) is 7.35. The molecular weight excluding hydrogens is 294 g/mol. The Labute approximate surface area is 124 Å². The molecule has 1 aromatic rings. The fraction of sp³-hybridized carbons (Fsp3) is 0.462. The van der Waals surface area contributed by atoms with E-state index >= 15 is 0 Å². The Morgan fingerprint density at radius 3 is 2.80 bits per heavy atom. The van der Waals surface area contributed by atoms with Gasteiger partial charge in [-0.15, -0.1) is 11.3 Å². The van der Waals surface area contributed by atoms with Crippen molar-refractivity contribution in [2.45, 2.75) is 25.1 Å². The molecule has 108 valence electrons. The van der Waals surface area contributed by atoms with Gasteiger partial charge in [0, 0.05) is 29.4 Å². The maximum atomic E-state index is 12.1. The Balaban J connectivity index is 2.83. The minimum absolute atomic E-state index is 0.246. The van der Waals surface area contributed by atoms with E-state index in [1.807, 2.05) is 17.5 Å². The fourth-order valence-electron chi connectivity index (χ4n) is 1.58. The molecule has 0 spiro atoms. The zero-order valence-electron chi connectivity index (χ0n) is 11.5. The lowest BCUT2D eigenvalue weighted by molar-refractivity contribution is 0.463. The Kier molecular flexibility index (Phi) is 6.18. The van der Waals surface area contributed by atoms with Crippen LogP contribution in [0.1, 0.15) is 23.8 Å². The van der Waals surface area contributed by atoms with Gasteiger partial charge in [0.1, 0.15) is 0 Å². The van der Waals surface area contributed by atoms with Crippen LogP contribution in [0.2, 0.25) is 0 Å². The summed E-state index contributed by atoms with van der Waals surface area (Å²) in [5.74, 6) is 5.64. The average Bonchev–Trinajstić information content (AvgIpc) is 2.85. The van der Waals surface area contributed by atoms with Crippen LogP contribution in [0.5, 0.6) is 0 Å². The van der Waals surface area contributed by atoms with Crippen molar-refractivity contribution in [2.75, 3.05) is 13.6 Å². The second-order valence-electron chi connectivity index (χ2n) is 4.13. The van der Waals surface area contributed by atoms with Crippen LogP contribution in [0.15, 0.2) is 11.4 Å². The molecule has 0 saturated heterocycles. The number of thiophene rings is 1. The normalized spacial score (nSPS) is 12.6. The third-order valence-corrected chi connectivity index (χ3v) is 5.75. The summed E-state index contributed by atoms with van der Waals surface area (Å²) >= 11 is 1.44. The Morgan fingerprint density at radius 1 is 1.55 bits per heavy atom. The molecule has 0 radical (unpaired) electrons. The Hall–Kier alpha value is -1.38. The minimum Gasteiger partial charge on any atom is -0.320 e. The van der Waals surface area contributed by atoms with Crippen LogP contribution in [-0.2, 0) is 16.6 Å². The van der Waals surface area contributed by atoms with Gasteiger partial charge >= 0.3 is 0 Å². The maximum Gasteiger partial charge on any atom is 0.230 e. The molecule has 5 nitrogen and oxygen atoms in total. The number of nitrogens with zero attached hydrogens (tertiary/aromatic N) is 2. The van der Waals surface area contributed by atoms with Gasteiger partial charge in [-0.2, -0.15) is 9.57 Å². The van der Waals surface area contributed by atoms with Crippen LogP contribution in [0.3, 0.4) is 0 Å². The second kappa shape index (κ2) is 7.41. The highest BCUT2D eigenvalue weighted by Crippen LogP contribution is 2.19. The van der Waals surface area contributed by atoms with Crippen LogP contribution in [0, 0.1) is 23.2 Å². The smallest absolute Gasteiger partial charge is 0.230 e. The Bertz CT molecular complexity index is 647. The third-order valence-electron chi connectivity index (χ3n) is 2.68. The number of hydrogen-bond acceptors (Lipinski definition) is 5. The van der Waals surface area contributed by atoms with E-state index in [9.17, 15) is 8.42 Å². The molecule has 2 N–H and O–H groups in total. The van der Waals surface area contributed by atoms with Crippen LogP contribution in [-0.4, -0.2) is 31.6 Å². The largest absolute Gasteiger partial charge is 0.320 e. The van der Waals surface area contributed by atoms with Gasteiger partial charge in [0.25, 0.3) is 0 Å². The SMILES string of the molecule is CCC(C#N)S(=O)(=O)N(C)Cc1cc(C#CCN)cs1. The molecule has 1 heterocycles. The summed E-state index contributed by atoms with van der Waals surface area (Å²) in [6.07, 6.45) is 0.279. The lowest BCUT2D eigenvalue weighted by atomic mass is 10.3. The van der Waals surface area contributed by atoms with Gasteiger partial charge in [-0.25, -0.2) is 8.42 Å². The van der Waals surface area contributed by atoms with Crippen LogP contribution >= 0.6 is 11.3 Å². The van der Waals surface area contributed by atoms with Gasteiger partial charge in [0.15, 0.2) is 5.25 Å². The molecule has 1 rings (SSSR count). The maximum absolute atomic E-state index is 12.1. The molecular formula is C13H17N3O2S2. The van der Waals surface area contributed by atoms with E-state index in [1.54, 1.807) is 6.92 Å². The molecule has 0 aliphatic heterocycles. The van der Waals surface area contributed by atoms with Crippen LogP contribution < -0.4 is 5.73 Å². The standard InChI is InChI=1S/C13H17N3O2S2/c1-3-13(8-15)20(17,18)16(2)9-12-7-11(10-19-12)5-4-6-14/h7,10,13H,3,6,9,14H2,1-2H3. The van der Waals surface area contributed by atoms with Crippen molar-refractivity contribution >= 4 is 21.4 Å². The first-order valence-electron chi connectivity index (χ1n) is 6.06. The fourth-order valence-corrected chi connectivity index (χ4v) is 3.84. The first-order chi connectivity index (χ1) is 9.45. The number of nitrogens with two attached hydrogens (primary N) is 1. The van der Waals surface area contributed by atoms with Gasteiger partial charge < -0.3 is 5.73 Å². The number of rotatable bonds is 5. The first kappa shape index (κ1) is 16.7. The first-order valence-corrected chi connectivity index (χ1v) is 8.45. The van der Waals surface area contributed by atoms with E-state index in [0.29, 0.717) is 6.54 Å². The molecule has 0 aliphatic carbocycles.